The summed E-state index contributed by atoms with van der Waals surface area (Å²) in [4.78, 5) is 22.8. The number of amides is 3. The molecule has 0 heterocycles. The van der Waals surface area contributed by atoms with Gasteiger partial charge in [-0.15, -0.1) is 11.6 Å². The zero-order chi connectivity index (χ0) is 14.4. The van der Waals surface area contributed by atoms with E-state index < -0.39 is 17.3 Å². The molecular weight excluding hydrogens is 272 g/mol. The molecule has 0 aromatic heterocycles. The number of halogens is 1. The second kappa shape index (κ2) is 6.84. The topological polar surface area (TPSA) is 76.7 Å². The molecule has 0 saturated heterocycles. The zero-order valence-electron chi connectivity index (χ0n) is 10.8. The molecule has 2 N–H and O–H groups in total. The summed E-state index contributed by atoms with van der Waals surface area (Å²) in [5.41, 5.74) is 0.413. The fourth-order valence-corrected chi connectivity index (χ4v) is 1.32. The number of ether oxygens (including phenoxy) is 2. The largest absolute Gasteiger partial charge is 0.497 e. The first-order valence-corrected chi connectivity index (χ1v) is 5.89. The Bertz CT molecular complexity index is 477. The highest BCUT2D eigenvalue weighted by molar-refractivity contribution is 6.31. The Morgan fingerprint density at radius 1 is 1.26 bits per heavy atom. The lowest BCUT2D eigenvalue weighted by molar-refractivity contribution is -0.119. The molecule has 6 nitrogen and oxygen atoms in total. The Morgan fingerprint density at radius 2 is 1.95 bits per heavy atom. The summed E-state index contributed by atoms with van der Waals surface area (Å²) in [5, 5.41) is 3.80. The van der Waals surface area contributed by atoms with Crippen LogP contribution in [0.5, 0.6) is 11.5 Å². The summed E-state index contributed by atoms with van der Waals surface area (Å²) in [6, 6.07) is 4.19. The number of urea groups is 1. The molecule has 0 bridgehead atoms. The smallest absolute Gasteiger partial charge is 0.326 e. The van der Waals surface area contributed by atoms with Crippen molar-refractivity contribution in [2.45, 2.75) is 12.3 Å². The minimum atomic E-state index is -0.788. The minimum Gasteiger partial charge on any atom is -0.497 e. The first-order chi connectivity index (χ1) is 8.97. The van der Waals surface area contributed by atoms with E-state index >= 15 is 0 Å². The number of anilines is 1. The number of methoxy groups -OCH3 is 2. The van der Waals surface area contributed by atoms with Gasteiger partial charge in [0.1, 0.15) is 16.9 Å². The van der Waals surface area contributed by atoms with E-state index in [0.29, 0.717) is 17.2 Å². The van der Waals surface area contributed by atoms with Gasteiger partial charge in [-0.25, -0.2) is 4.79 Å². The van der Waals surface area contributed by atoms with Crippen molar-refractivity contribution in [3.8, 4) is 11.5 Å². The summed E-state index contributed by atoms with van der Waals surface area (Å²) in [6.45, 7) is 1.47. The Labute approximate surface area is 116 Å². The Kier molecular flexibility index (Phi) is 5.44. The van der Waals surface area contributed by atoms with Gasteiger partial charge in [-0.3, -0.25) is 10.1 Å². The third kappa shape index (κ3) is 4.33. The summed E-state index contributed by atoms with van der Waals surface area (Å²) in [6.07, 6.45) is 0. The van der Waals surface area contributed by atoms with E-state index in [1.165, 1.54) is 21.1 Å². The summed E-state index contributed by atoms with van der Waals surface area (Å²) in [5.74, 6) is 0.431. The van der Waals surface area contributed by atoms with Crippen LogP contribution >= 0.6 is 11.6 Å². The molecule has 0 fully saturated rings. The van der Waals surface area contributed by atoms with Crippen molar-refractivity contribution < 1.29 is 19.1 Å². The number of carbonyl (C=O) groups is 2. The number of carbonyl (C=O) groups excluding carboxylic acids is 2. The van der Waals surface area contributed by atoms with E-state index in [-0.39, 0.29) is 0 Å². The van der Waals surface area contributed by atoms with Gasteiger partial charge in [0.25, 0.3) is 0 Å². The molecule has 1 aromatic carbocycles. The third-order valence-corrected chi connectivity index (χ3v) is 2.45. The molecule has 19 heavy (non-hydrogen) atoms. The molecule has 0 radical (unpaired) electrons. The highest BCUT2D eigenvalue weighted by Crippen LogP contribution is 2.28. The lowest BCUT2D eigenvalue weighted by atomic mass is 10.2. The van der Waals surface area contributed by atoms with Gasteiger partial charge < -0.3 is 14.8 Å². The summed E-state index contributed by atoms with van der Waals surface area (Å²) < 4.78 is 10.1. The van der Waals surface area contributed by atoms with Crippen LogP contribution in [-0.4, -0.2) is 31.5 Å². The quantitative estimate of drug-likeness (QED) is 0.830. The second-order valence-corrected chi connectivity index (χ2v) is 4.28. The molecule has 104 valence electrons. The number of hydrogen-bond donors (Lipinski definition) is 2. The van der Waals surface area contributed by atoms with Gasteiger partial charge in [-0.2, -0.15) is 0 Å². The average Bonchev–Trinajstić information content (AvgIpc) is 2.38. The van der Waals surface area contributed by atoms with Crippen LogP contribution in [0.3, 0.4) is 0 Å². The number of hydrogen-bond acceptors (Lipinski definition) is 4. The number of rotatable bonds is 4. The molecular formula is C12H15ClN2O4. The van der Waals surface area contributed by atoms with Gasteiger partial charge in [-0.05, 0) is 19.1 Å². The van der Waals surface area contributed by atoms with Crippen LogP contribution in [-0.2, 0) is 4.79 Å². The molecule has 1 atom stereocenters. The molecule has 7 heteroatoms. The van der Waals surface area contributed by atoms with Crippen LogP contribution in [0.4, 0.5) is 10.5 Å². The normalized spacial score (nSPS) is 11.4. The first-order valence-electron chi connectivity index (χ1n) is 5.46. The molecule has 0 aliphatic heterocycles. The Hall–Kier alpha value is -1.95. The van der Waals surface area contributed by atoms with E-state index in [1.54, 1.807) is 18.2 Å². The Morgan fingerprint density at radius 3 is 2.47 bits per heavy atom. The van der Waals surface area contributed by atoms with Crippen molar-refractivity contribution >= 4 is 29.2 Å². The Balaban J connectivity index is 2.76. The highest BCUT2D eigenvalue weighted by atomic mass is 35.5. The van der Waals surface area contributed by atoms with E-state index in [0.717, 1.165) is 0 Å². The minimum absolute atomic E-state index is 0.413. The third-order valence-electron chi connectivity index (χ3n) is 2.25. The maximum absolute atomic E-state index is 11.6. The monoisotopic (exact) mass is 286 g/mol. The number of benzene rings is 1. The SMILES string of the molecule is COc1ccc(NC(=O)NC(=O)C(C)Cl)c(OC)c1. The highest BCUT2D eigenvalue weighted by Gasteiger charge is 2.14. The van der Waals surface area contributed by atoms with E-state index in [9.17, 15) is 9.59 Å². The van der Waals surface area contributed by atoms with Crippen LogP contribution in [0.25, 0.3) is 0 Å². The standard InChI is InChI=1S/C12H15ClN2O4/c1-7(13)11(16)15-12(17)14-9-5-4-8(18-2)6-10(9)19-3/h4-7H,1-3H3,(H2,14,15,16,17). The maximum atomic E-state index is 11.6. The second-order valence-electron chi connectivity index (χ2n) is 3.63. The maximum Gasteiger partial charge on any atom is 0.326 e. The van der Waals surface area contributed by atoms with E-state index in [2.05, 4.69) is 10.6 Å². The van der Waals surface area contributed by atoms with E-state index in [1.807, 2.05) is 0 Å². The van der Waals surface area contributed by atoms with Gasteiger partial charge in [-0.1, -0.05) is 0 Å². The van der Waals surface area contributed by atoms with Crippen LogP contribution < -0.4 is 20.1 Å². The van der Waals surface area contributed by atoms with Crippen molar-refractivity contribution in [1.29, 1.82) is 0 Å². The van der Waals surface area contributed by atoms with Crippen LogP contribution in [0.2, 0.25) is 0 Å². The van der Waals surface area contributed by atoms with Crippen molar-refractivity contribution in [3.05, 3.63) is 18.2 Å². The number of alkyl halides is 1. The first kappa shape index (κ1) is 15.1. The number of nitrogens with one attached hydrogen (secondary N) is 2. The number of imide groups is 1. The van der Waals surface area contributed by atoms with Gasteiger partial charge in [0.05, 0.1) is 19.9 Å². The molecule has 3 amide bonds. The van der Waals surface area contributed by atoms with Crippen molar-refractivity contribution in [1.82, 2.24) is 5.32 Å². The lowest BCUT2D eigenvalue weighted by Crippen LogP contribution is -2.38. The van der Waals surface area contributed by atoms with Crippen molar-refractivity contribution in [3.63, 3.8) is 0 Å². The van der Waals surface area contributed by atoms with Crippen LogP contribution in [0.1, 0.15) is 6.92 Å². The molecule has 1 aromatic rings. The predicted molar refractivity (Wildman–Crippen MR) is 72.0 cm³/mol. The molecule has 0 spiro atoms. The van der Waals surface area contributed by atoms with Crippen molar-refractivity contribution in [2.24, 2.45) is 0 Å². The molecule has 1 unspecified atom stereocenters. The molecule has 0 aliphatic rings. The van der Waals surface area contributed by atoms with Crippen LogP contribution in [0.15, 0.2) is 18.2 Å². The lowest BCUT2D eigenvalue weighted by Gasteiger charge is -2.12. The van der Waals surface area contributed by atoms with Gasteiger partial charge >= 0.3 is 6.03 Å². The van der Waals surface area contributed by atoms with Gasteiger partial charge in [0.2, 0.25) is 5.91 Å². The van der Waals surface area contributed by atoms with E-state index in [4.69, 9.17) is 21.1 Å². The average molecular weight is 287 g/mol. The van der Waals surface area contributed by atoms with Gasteiger partial charge in [0, 0.05) is 6.07 Å². The molecule has 0 saturated carbocycles. The summed E-state index contributed by atoms with van der Waals surface area (Å²) >= 11 is 5.54. The molecule has 1 rings (SSSR count). The fourth-order valence-electron chi connectivity index (χ4n) is 1.27. The van der Waals surface area contributed by atoms with Gasteiger partial charge in [0.15, 0.2) is 0 Å². The van der Waals surface area contributed by atoms with Crippen molar-refractivity contribution in [2.75, 3.05) is 19.5 Å². The fraction of sp³-hybridized carbons (Fsp3) is 0.333. The molecule has 0 aliphatic carbocycles. The van der Waals surface area contributed by atoms with Crippen LogP contribution in [0, 0.1) is 0 Å². The summed E-state index contributed by atoms with van der Waals surface area (Å²) in [7, 11) is 2.99. The predicted octanol–water partition coefficient (Wildman–Crippen LogP) is 1.98. The zero-order valence-corrected chi connectivity index (χ0v) is 11.6.